The second kappa shape index (κ2) is 5.97. The molecule has 1 fully saturated rings. The van der Waals surface area contributed by atoms with Crippen LogP contribution in [0.15, 0.2) is 12.4 Å². The lowest BCUT2D eigenvalue weighted by molar-refractivity contribution is 0.0294. The Morgan fingerprint density at radius 3 is 3.05 bits per heavy atom. The van der Waals surface area contributed by atoms with Crippen molar-refractivity contribution in [3.63, 3.8) is 0 Å². The molecular weight excluding hydrogens is 244 g/mol. The van der Waals surface area contributed by atoms with Crippen LogP contribution in [0.4, 0.5) is 5.82 Å². The summed E-state index contributed by atoms with van der Waals surface area (Å²) in [5.74, 6) is 0.590. The molecule has 0 aromatic carbocycles. The molecule has 0 spiro atoms. The molecule has 0 aliphatic carbocycles. The van der Waals surface area contributed by atoms with E-state index in [1.54, 1.807) is 11.1 Å². The van der Waals surface area contributed by atoms with Gasteiger partial charge in [0.05, 0.1) is 18.5 Å². The second-order valence-corrected chi connectivity index (χ2v) is 4.90. The number of nitrogens with zero attached hydrogens (tertiary/aromatic N) is 3. The number of likely N-dealkylation sites (tertiary alicyclic amines) is 1. The van der Waals surface area contributed by atoms with E-state index in [9.17, 15) is 9.90 Å². The number of nitrogens with one attached hydrogen (secondary N) is 1. The highest BCUT2D eigenvalue weighted by Gasteiger charge is 2.28. The van der Waals surface area contributed by atoms with Crippen molar-refractivity contribution < 1.29 is 9.90 Å². The zero-order chi connectivity index (χ0) is 13.8. The van der Waals surface area contributed by atoms with Crippen LogP contribution in [0.5, 0.6) is 0 Å². The molecule has 104 valence electrons. The molecule has 1 aliphatic heterocycles. The molecule has 0 radical (unpaired) electrons. The lowest BCUT2D eigenvalue weighted by atomic mass is 9.96. The molecule has 2 atom stereocenters. The third-order valence-electron chi connectivity index (χ3n) is 3.36. The molecule has 2 unspecified atom stereocenters. The molecular formula is C13H20N4O2. The van der Waals surface area contributed by atoms with Gasteiger partial charge in [0.15, 0.2) is 0 Å². The fraction of sp³-hybridized carbons (Fsp3) is 0.615. The van der Waals surface area contributed by atoms with Gasteiger partial charge in [-0.05, 0) is 19.3 Å². The van der Waals surface area contributed by atoms with Gasteiger partial charge in [-0.1, -0.05) is 6.92 Å². The number of anilines is 1. The summed E-state index contributed by atoms with van der Waals surface area (Å²) in [6.45, 7) is 5.78. The van der Waals surface area contributed by atoms with E-state index < -0.39 is 0 Å². The van der Waals surface area contributed by atoms with Crippen molar-refractivity contribution in [1.82, 2.24) is 14.9 Å². The number of hydrogen-bond donors (Lipinski definition) is 2. The maximum absolute atomic E-state index is 12.3. The van der Waals surface area contributed by atoms with E-state index in [4.69, 9.17) is 0 Å². The van der Waals surface area contributed by atoms with E-state index in [2.05, 4.69) is 15.3 Å². The average molecular weight is 264 g/mol. The first-order valence-electron chi connectivity index (χ1n) is 6.65. The maximum atomic E-state index is 12.3. The van der Waals surface area contributed by atoms with Crippen LogP contribution in [0.3, 0.4) is 0 Å². The number of aromatic nitrogens is 2. The summed E-state index contributed by atoms with van der Waals surface area (Å²) < 4.78 is 0. The Labute approximate surface area is 112 Å². The Bertz CT molecular complexity index is 452. The fourth-order valence-corrected chi connectivity index (χ4v) is 2.21. The van der Waals surface area contributed by atoms with Crippen LogP contribution in [0, 0.1) is 5.92 Å². The van der Waals surface area contributed by atoms with Crippen molar-refractivity contribution in [2.24, 2.45) is 5.92 Å². The lowest BCUT2D eigenvalue weighted by Gasteiger charge is -2.34. The van der Waals surface area contributed by atoms with Crippen molar-refractivity contribution >= 4 is 11.7 Å². The number of rotatable bonds is 3. The number of amides is 1. The molecule has 1 amide bonds. The number of aliphatic hydroxyl groups is 1. The van der Waals surface area contributed by atoms with E-state index in [0.29, 0.717) is 31.0 Å². The Morgan fingerprint density at radius 1 is 1.58 bits per heavy atom. The molecule has 1 aromatic heterocycles. The SMILES string of the molecule is CCNc1cncc(C(=O)N2CCC(O)C(C)C2)n1. The van der Waals surface area contributed by atoms with Gasteiger partial charge in [0.1, 0.15) is 11.5 Å². The predicted molar refractivity (Wildman–Crippen MR) is 71.9 cm³/mol. The quantitative estimate of drug-likeness (QED) is 0.842. The molecule has 19 heavy (non-hydrogen) atoms. The van der Waals surface area contributed by atoms with E-state index in [1.165, 1.54) is 6.20 Å². The minimum absolute atomic E-state index is 0.0996. The summed E-state index contributed by atoms with van der Waals surface area (Å²) >= 11 is 0. The van der Waals surface area contributed by atoms with Gasteiger partial charge in [0.2, 0.25) is 0 Å². The molecule has 1 saturated heterocycles. The smallest absolute Gasteiger partial charge is 0.274 e. The number of hydrogen-bond acceptors (Lipinski definition) is 5. The van der Waals surface area contributed by atoms with Crippen LogP contribution in [-0.4, -0.2) is 51.6 Å². The van der Waals surface area contributed by atoms with Crippen molar-refractivity contribution in [3.05, 3.63) is 18.1 Å². The van der Waals surface area contributed by atoms with Gasteiger partial charge >= 0.3 is 0 Å². The summed E-state index contributed by atoms with van der Waals surface area (Å²) in [4.78, 5) is 22.3. The normalized spacial score (nSPS) is 23.2. The topological polar surface area (TPSA) is 78.4 Å². The summed E-state index contributed by atoms with van der Waals surface area (Å²) in [7, 11) is 0. The summed E-state index contributed by atoms with van der Waals surface area (Å²) in [6.07, 6.45) is 3.39. The van der Waals surface area contributed by atoms with Crippen molar-refractivity contribution in [1.29, 1.82) is 0 Å². The van der Waals surface area contributed by atoms with E-state index in [-0.39, 0.29) is 17.9 Å². The highest BCUT2D eigenvalue weighted by Crippen LogP contribution is 2.18. The summed E-state index contributed by atoms with van der Waals surface area (Å²) in [5, 5.41) is 12.7. The van der Waals surface area contributed by atoms with Gasteiger partial charge in [-0.2, -0.15) is 0 Å². The van der Waals surface area contributed by atoms with Gasteiger partial charge in [-0.3, -0.25) is 9.78 Å². The first-order chi connectivity index (χ1) is 9.11. The highest BCUT2D eigenvalue weighted by molar-refractivity contribution is 5.92. The highest BCUT2D eigenvalue weighted by atomic mass is 16.3. The molecule has 2 N–H and O–H groups in total. The minimum Gasteiger partial charge on any atom is -0.393 e. The summed E-state index contributed by atoms with van der Waals surface area (Å²) in [6, 6.07) is 0. The predicted octanol–water partition coefficient (Wildman–Crippen LogP) is 0.751. The monoisotopic (exact) mass is 264 g/mol. The van der Waals surface area contributed by atoms with E-state index in [0.717, 1.165) is 6.54 Å². The standard InChI is InChI=1S/C13H20N4O2/c1-3-15-12-7-14-6-10(16-12)13(19)17-5-4-11(18)9(2)8-17/h6-7,9,11,18H,3-5,8H2,1-2H3,(H,15,16). The van der Waals surface area contributed by atoms with Crippen LogP contribution in [0.1, 0.15) is 30.8 Å². The molecule has 6 nitrogen and oxygen atoms in total. The Kier molecular flexibility index (Phi) is 4.31. The first kappa shape index (κ1) is 13.7. The van der Waals surface area contributed by atoms with Crippen molar-refractivity contribution in [3.8, 4) is 0 Å². The van der Waals surface area contributed by atoms with Crippen LogP contribution >= 0.6 is 0 Å². The van der Waals surface area contributed by atoms with Gasteiger partial charge < -0.3 is 15.3 Å². The van der Waals surface area contributed by atoms with E-state index in [1.807, 2.05) is 13.8 Å². The number of carbonyl (C=O) groups excluding carboxylic acids is 1. The zero-order valence-corrected chi connectivity index (χ0v) is 11.3. The lowest BCUT2D eigenvalue weighted by Crippen LogP contribution is -2.45. The second-order valence-electron chi connectivity index (χ2n) is 4.90. The van der Waals surface area contributed by atoms with Crippen LogP contribution in [0.2, 0.25) is 0 Å². The van der Waals surface area contributed by atoms with Gasteiger partial charge in [0, 0.05) is 19.6 Å². The molecule has 0 saturated carbocycles. The first-order valence-corrected chi connectivity index (χ1v) is 6.65. The third-order valence-corrected chi connectivity index (χ3v) is 3.36. The number of aliphatic hydroxyl groups excluding tert-OH is 1. The third kappa shape index (κ3) is 3.20. The van der Waals surface area contributed by atoms with Crippen LogP contribution in [-0.2, 0) is 0 Å². The Balaban J connectivity index is 2.09. The molecule has 2 rings (SSSR count). The molecule has 2 heterocycles. The maximum Gasteiger partial charge on any atom is 0.274 e. The Morgan fingerprint density at radius 2 is 2.37 bits per heavy atom. The van der Waals surface area contributed by atoms with E-state index >= 15 is 0 Å². The van der Waals surface area contributed by atoms with Gasteiger partial charge in [-0.15, -0.1) is 0 Å². The van der Waals surface area contributed by atoms with Crippen molar-refractivity contribution in [2.75, 3.05) is 25.0 Å². The largest absolute Gasteiger partial charge is 0.393 e. The average Bonchev–Trinajstić information content (AvgIpc) is 2.42. The molecule has 0 bridgehead atoms. The van der Waals surface area contributed by atoms with Crippen LogP contribution < -0.4 is 5.32 Å². The fourth-order valence-electron chi connectivity index (χ4n) is 2.21. The zero-order valence-electron chi connectivity index (χ0n) is 11.3. The molecule has 1 aromatic rings. The summed E-state index contributed by atoms with van der Waals surface area (Å²) in [5.41, 5.74) is 0.349. The van der Waals surface area contributed by atoms with Gasteiger partial charge in [0.25, 0.3) is 5.91 Å². The molecule has 6 heteroatoms. The number of piperidine rings is 1. The van der Waals surface area contributed by atoms with Gasteiger partial charge in [-0.25, -0.2) is 4.98 Å². The minimum atomic E-state index is -0.316. The van der Waals surface area contributed by atoms with Crippen LogP contribution in [0.25, 0.3) is 0 Å². The number of carbonyl (C=O) groups is 1. The molecule has 1 aliphatic rings. The Hall–Kier alpha value is -1.69. The van der Waals surface area contributed by atoms with Crippen molar-refractivity contribution in [2.45, 2.75) is 26.4 Å².